The molecule has 1 heterocycles. The third-order valence-corrected chi connectivity index (χ3v) is 5.44. The average Bonchev–Trinajstić information content (AvgIpc) is 3.01. The zero-order valence-electron chi connectivity index (χ0n) is 14.9. The summed E-state index contributed by atoms with van der Waals surface area (Å²) < 4.78 is 1.09. The highest BCUT2D eigenvalue weighted by atomic mass is 79.9. The first-order valence-electron chi connectivity index (χ1n) is 8.87. The van der Waals surface area contributed by atoms with Crippen molar-refractivity contribution >= 4 is 27.3 Å². The van der Waals surface area contributed by atoms with E-state index in [-0.39, 0.29) is 12.2 Å². The molecule has 2 atom stereocenters. The van der Waals surface area contributed by atoms with Gasteiger partial charge in [0.2, 0.25) is 0 Å². The second-order valence-corrected chi connectivity index (χ2v) is 7.64. The van der Waals surface area contributed by atoms with Crippen LogP contribution >= 0.6 is 15.9 Å². The van der Waals surface area contributed by atoms with Gasteiger partial charge in [-0.15, -0.1) is 0 Å². The number of hydrogen-bond acceptors (Lipinski definition) is 2. The summed E-state index contributed by atoms with van der Waals surface area (Å²) in [5.41, 5.74) is 6.00. The van der Waals surface area contributed by atoms with Gasteiger partial charge in [-0.1, -0.05) is 76.1 Å². The van der Waals surface area contributed by atoms with Crippen LogP contribution in [-0.4, -0.2) is 11.8 Å². The summed E-state index contributed by atoms with van der Waals surface area (Å²) in [6.07, 6.45) is -0.0105. The molecule has 0 amide bonds. The van der Waals surface area contributed by atoms with Crippen LogP contribution in [0.4, 0.5) is 5.69 Å². The van der Waals surface area contributed by atoms with Crippen molar-refractivity contribution in [3.05, 3.63) is 100 Å². The van der Waals surface area contributed by atoms with Crippen LogP contribution in [0.5, 0.6) is 0 Å². The van der Waals surface area contributed by atoms with E-state index in [1.807, 2.05) is 0 Å². The van der Waals surface area contributed by atoms with Crippen molar-refractivity contribution in [2.24, 2.45) is 4.99 Å². The van der Waals surface area contributed by atoms with Crippen LogP contribution in [0, 0.1) is 6.92 Å². The predicted octanol–water partition coefficient (Wildman–Crippen LogP) is 6.15. The molecule has 3 aromatic rings. The highest BCUT2D eigenvalue weighted by Crippen LogP contribution is 2.37. The van der Waals surface area contributed by atoms with Crippen LogP contribution in [0.2, 0.25) is 0 Å². The summed E-state index contributed by atoms with van der Waals surface area (Å²) in [7, 11) is 0. The number of halogens is 1. The van der Waals surface area contributed by atoms with Gasteiger partial charge in [0.1, 0.15) is 6.17 Å². The van der Waals surface area contributed by atoms with Gasteiger partial charge in [-0.05, 0) is 49.2 Å². The molecule has 26 heavy (non-hydrogen) atoms. The molecule has 4 rings (SSSR count). The summed E-state index contributed by atoms with van der Waals surface area (Å²) in [5, 5.41) is 0. The minimum Gasteiger partial charge on any atom is -0.337 e. The first-order valence-corrected chi connectivity index (χ1v) is 9.66. The van der Waals surface area contributed by atoms with E-state index in [9.17, 15) is 0 Å². The molecule has 0 saturated heterocycles. The van der Waals surface area contributed by atoms with Gasteiger partial charge in [0.15, 0.2) is 0 Å². The standard InChI is InChI=1S/C23H21BrN2/c1-16-8-10-18(11-9-16)22-17(2)26(21-14-12-20(24)13-15-21)23(25-22)19-6-4-3-5-7-19/h3-15,17,23H,1-2H3. The summed E-state index contributed by atoms with van der Waals surface area (Å²) in [6, 6.07) is 27.9. The van der Waals surface area contributed by atoms with Crippen LogP contribution in [0.15, 0.2) is 88.3 Å². The number of nitrogens with zero attached hydrogens (tertiary/aromatic N) is 2. The summed E-state index contributed by atoms with van der Waals surface area (Å²) >= 11 is 3.54. The highest BCUT2D eigenvalue weighted by molar-refractivity contribution is 9.10. The molecule has 3 heteroatoms. The van der Waals surface area contributed by atoms with Crippen LogP contribution in [0.1, 0.15) is 29.8 Å². The first kappa shape index (κ1) is 17.0. The Morgan fingerprint density at radius 2 is 1.50 bits per heavy atom. The van der Waals surface area contributed by atoms with Gasteiger partial charge in [0, 0.05) is 10.2 Å². The number of rotatable bonds is 3. The van der Waals surface area contributed by atoms with Crippen molar-refractivity contribution in [2.45, 2.75) is 26.1 Å². The Morgan fingerprint density at radius 3 is 2.15 bits per heavy atom. The molecule has 3 aromatic carbocycles. The Balaban J connectivity index is 1.79. The van der Waals surface area contributed by atoms with Gasteiger partial charge in [-0.2, -0.15) is 0 Å². The van der Waals surface area contributed by atoms with Gasteiger partial charge in [-0.25, -0.2) is 0 Å². The van der Waals surface area contributed by atoms with Crippen LogP contribution in [0.3, 0.4) is 0 Å². The van der Waals surface area contributed by atoms with E-state index in [1.54, 1.807) is 0 Å². The Hall–Kier alpha value is -2.39. The Labute approximate surface area is 163 Å². The van der Waals surface area contributed by atoms with Crippen molar-refractivity contribution in [3.8, 4) is 0 Å². The van der Waals surface area contributed by atoms with E-state index in [0.29, 0.717) is 0 Å². The Morgan fingerprint density at radius 1 is 0.846 bits per heavy atom. The van der Waals surface area contributed by atoms with E-state index in [0.717, 1.165) is 10.2 Å². The van der Waals surface area contributed by atoms with Gasteiger partial charge in [0.05, 0.1) is 11.8 Å². The van der Waals surface area contributed by atoms with E-state index >= 15 is 0 Å². The second-order valence-electron chi connectivity index (χ2n) is 6.72. The van der Waals surface area contributed by atoms with Gasteiger partial charge >= 0.3 is 0 Å². The topological polar surface area (TPSA) is 15.6 Å². The highest BCUT2D eigenvalue weighted by Gasteiger charge is 2.34. The van der Waals surface area contributed by atoms with Crippen molar-refractivity contribution in [1.82, 2.24) is 0 Å². The molecular formula is C23H21BrN2. The number of aryl methyl sites for hydroxylation is 1. The summed E-state index contributed by atoms with van der Waals surface area (Å²) in [4.78, 5) is 7.55. The zero-order chi connectivity index (χ0) is 18.1. The summed E-state index contributed by atoms with van der Waals surface area (Å²) in [6.45, 7) is 4.36. The van der Waals surface area contributed by atoms with Crippen molar-refractivity contribution in [3.63, 3.8) is 0 Å². The van der Waals surface area contributed by atoms with Crippen molar-refractivity contribution < 1.29 is 0 Å². The van der Waals surface area contributed by atoms with Gasteiger partial charge in [0.25, 0.3) is 0 Å². The van der Waals surface area contributed by atoms with Crippen molar-refractivity contribution in [2.75, 3.05) is 4.90 Å². The minimum atomic E-state index is -0.0105. The van der Waals surface area contributed by atoms with Crippen molar-refractivity contribution in [1.29, 1.82) is 0 Å². The smallest absolute Gasteiger partial charge is 0.148 e. The lowest BCUT2D eigenvalue weighted by Gasteiger charge is -2.30. The molecule has 0 spiro atoms. The molecule has 2 unspecified atom stereocenters. The normalized spacial score (nSPS) is 19.5. The third-order valence-electron chi connectivity index (χ3n) is 4.91. The maximum absolute atomic E-state index is 5.15. The molecule has 2 nitrogen and oxygen atoms in total. The molecule has 0 fully saturated rings. The lowest BCUT2D eigenvalue weighted by molar-refractivity contribution is 0.675. The number of benzene rings is 3. The fourth-order valence-corrected chi connectivity index (χ4v) is 3.79. The number of anilines is 1. The van der Waals surface area contributed by atoms with Crippen LogP contribution in [-0.2, 0) is 0 Å². The van der Waals surface area contributed by atoms with E-state index in [2.05, 4.69) is 114 Å². The largest absolute Gasteiger partial charge is 0.337 e. The van der Waals surface area contributed by atoms with E-state index in [1.165, 1.54) is 22.4 Å². The SMILES string of the molecule is Cc1ccc(C2=NC(c3ccccc3)N(c3ccc(Br)cc3)C2C)cc1. The predicted molar refractivity (Wildman–Crippen MR) is 113 cm³/mol. The molecule has 0 bridgehead atoms. The lowest BCUT2D eigenvalue weighted by atomic mass is 10.0. The Bertz CT molecular complexity index is 915. The molecular weight excluding hydrogens is 384 g/mol. The number of hydrogen-bond donors (Lipinski definition) is 0. The average molecular weight is 405 g/mol. The fraction of sp³-hybridized carbons (Fsp3) is 0.174. The van der Waals surface area contributed by atoms with E-state index < -0.39 is 0 Å². The Kier molecular flexibility index (Phi) is 4.64. The second kappa shape index (κ2) is 7.08. The molecule has 130 valence electrons. The van der Waals surface area contributed by atoms with Gasteiger partial charge < -0.3 is 4.90 Å². The zero-order valence-corrected chi connectivity index (χ0v) is 16.5. The van der Waals surface area contributed by atoms with Crippen LogP contribution < -0.4 is 4.90 Å². The third kappa shape index (κ3) is 3.19. The lowest BCUT2D eigenvalue weighted by Crippen LogP contribution is -2.35. The quantitative estimate of drug-likeness (QED) is 0.510. The maximum Gasteiger partial charge on any atom is 0.148 e. The molecule has 0 aromatic heterocycles. The van der Waals surface area contributed by atoms with E-state index in [4.69, 9.17) is 4.99 Å². The molecule has 0 aliphatic carbocycles. The monoisotopic (exact) mass is 404 g/mol. The number of aliphatic imine (C=N–C) groups is 1. The maximum atomic E-state index is 5.15. The summed E-state index contributed by atoms with van der Waals surface area (Å²) in [5.74, 6) is 0. The fourth-order valence-electron chi connectivity index (χ4n) is 3.52. The van der Waals surface area contributed by atoms with Gasteiger partial charge in [-0.3, -0.25) is 4.99 Å². The molecule has 1 aliphatic heterocycles. The first-order chi connectivity index (χ1) is 12.6. The van der Waals surface area contributed by atoms with Crippen LogP contribution in [0.25, 0.3) is 0 Å². The molecule has 0 radical (unpaired) electrons. The molecule has 0 saturated carbocycles. The minimum absolute atomic E-state index is 0.0105. The molecule has 1 aliphatic rings. The molecule has 0 N–H and O–H groups in total.